The van der Waals surface area contributed by atoms with Crippen molar-refractivity contribution in [2.24, 2.45) is 5.92 Å². The highest BCUT2D eigenvalue weighted by molar-refractivity contribution is 5.77. The average Bonchev–Trinajstić information content (AvgIpc) is 3.56. The van der Waals surface area contributed by atoms with E-state index < -0.39 is 24.3 Å². The van der Waals surface area contributed by atoms with Crippen molar-refractivity contribution in [2.45, 2.75) is 63.0 Å². The summed E-state index contributed by atoms with van der Waals surface area (Å²) < 4.78 is 69.0. The second kappa shape index (κ2) is 13.6. The molecule has 4 saturated heterocycles. The number of hydrogen-bond acceptors (Lipinski definition) is 6. The van der Waals surface area contributed by atoms with Crippen LogP contribution in [-0.4, -0.2) is 120 Å². The molecular formula is C22H33F6N3O6. The highest BCUT2D eigenvalue weighted by atomic mass is 19.4. The number of ether oxygens (including phenoxy) is 1. The molecule has 0 saturated carbocycles. The molecule has 0 aromatic rings. The van der Waals surface area contributed by atoms with Gasteiger partial charge in [-0.1, -0.05) is 0 Å². The van der Waals surface area contributed by atoms with Crippen LogP contribution in [0.2, 0.25) is 0 Å². The molecule has 0 spiro atoms. The fraction of sp³-hybridized carbons (Fsp3) is 0.864. The van der Waals surface area contributed by atoms with Gasteiger partial charge in [0.05, 0.1) is 6.61 Å². The summed E-state index contributed by atoms with van der Waals surface area (Å²) in [4.78, 5) is 37.7. The summed E-state index contributed by atoms with van der Waals surface area (Å²) in [6.45, 7) is 8.69. The molecule has 15 heteroatoms. The Morgan fingerprint density at radius 2 is 1.43 bits per heavy atom. The first-order chi connectivity index (χ1) is 17.2. The molecule has 4 rings (SSSR count). The SMILES string of the molecule is O=C(O)C(F)(F)F.O=C(O)C(F)(F)F.O=C1CC[C@H]2[C@H](CCN2CC2CCOC2)N1CCN1CCCC1. The summed E-state index contributed by atoms with van der Waals surface area (Å²) >= 11 is 0. The number of nitrogens with zero attached hydrogens (tertiary/aromatic N) is 3. The zero-order valence-corrected chi connectivity index (χ0v) is 20.3. The largest absolute Gasteiger partial charge is 0.490 e. The number of piperidine rings is 1. The van der Waals surface area contributed by atoms with Crippen LogP contribution < -0.4 is 0 Å². The third kappa shape index (κ3) is 9.93. The van der Waals surface area contributed by atoms with E-state index in [0.717, 1.165) is 39.1 Å². The van der Waals surface area contributed by atoms with Crippen LogP contribution in [0.4, 0.5) is 26.3 Å². The van der Waals surface area contributed by atoms with Crippen molar-refractivity contribution >= 4 is 17.8 Å². The van der Waals surface area contributed by atoms with Gasteiger partial charge in [-0.25, -0.2) is 9.59 Å². The third-order valence-electron chi connectivity index (χ3n) is 6.86. The molecular weight excluding hydrogens is 516 g/mol. The fourth-order valence-corrected chi connectivity index (χ4v) is 5.07. The summed E-state index contributed by atoms with van der Waals surface area (Å²) in [7, 11) is 0. The second-order valence-electron chi connectivity index (χ2n) is 9.43. The Morgan fingerprint density at radius 3 is 1.92 bits per heavy atom. The maximum absolute atomic E-state index is 12.5. The summed E-state index contributed by atoms with van der Waals surface area (Å²) in [6, 6.07) is 1.08. The molecule has 1 unspecified atom stereocenters. The number of carboxylic acids is 2. The number of rotatable bonds is 5. The molecule has 0 radical (unpaired) electrons. The van der Waals surface area contributed by atoms with Crippen molar-refractivity contribution in [3.63, 3.8) is 0 Å². The van der Waals surface area contributed by atoms with E-state index in [1.54, 1.807) is 0 Å². The van der Waals surface area contributed by atoms with Crippen molar-refractivity contribution in [2.75, 3.05) is 52.5 Å². The molecule has 0 aromatic heterocycles. The van der Waals surface area contributed by atoms with E-state index in [-0.39, 0.29) is 0 Å². The van der Waals surface area contributed by atoms with Crippen LogP contribution in [0.15, 0.2) is 0 Å². The van der Waals surface area contributed by atoms with Gasteiger partial charge in [0.1, 0.15) is 0 Å². The van der Waals surface area contributed by atoms with Crippen molar-refractivity contribution in [3.8, 4) is 0 Å². The molecule has 0 bridgehead atoms. The lowest BCUT2D eigenvalue weighted by Gasteiger charge is -2.41. The minimum atomic E-state index is -5.08. The molecule has 4 fully saturated rings. The first-order valence-electron chi connectivity index (χ1n) is 12.1. The zero-order chi connectivity index (χ0) is 27.8. The number of hydrogen-bond donors (Lipinski definition) is 2. The number of amides is 1. The molecule has 1 amide bonds. The van der Waals surface area contributed by atoms with Gasteiger partial charge in [-0.2, -0.15) is 26.3 Å². The maximum Gasteiger partial charge on any atom is 0.490 e. The number of aliphatic carboxylic acids is 2. The molecule has 37 heavy (non-hydrogen) atoms. The lowest BCUT2D eigenvalue weighted by atomic mass is 9.95. The van der Waals surface area contributed by atoms with Gasteiger partial charge in [-0.3, -0.25) is 9.69 Å². The van der Waals surface area contributed by atoms with E-state index in [1.807, 2.05) is 0 Å². The molecule has 4 aliphatic rings. The number of carboxylic acid groups (broad SMARTS) is 2. The number of likely N-dealkylation sites (tertiary alicyclic amines) is 3. The molecule has 4 aliphatic heterocycles. The first kappa shape index (κ1) is 31.1. The Kier molecular flexibility index (Phi) is 11.4. The molecule has 0 aromatic carbocycles. The smallest absolute Gasteiger partial charge is 0.475 e. The van der Waals surface area contributed by atoms with E-state index >= 15 is 0 Å². The van der Waals surface area contributed by atoms with Gasteiger partial charge < -0.3 is 24.7 Å². The normalized spacial score (nSPS) is 26.7. The Bertz CT molecular complexity index is 745. The van der Waals surface area contributed by atoms with Crippen LogP contribution in [0.3, 0.4) is 0 Å². The van der Waals surface area contributed by atoms with Gasteiger partial charge in [-0.05, 0) is 51.1 Å². The van der Waals surface area contributed by atoms with Crippen molar-refractivity contribution in [1.29, 1.82) is 0 Å². The summed E-state index contributed by atoms with van der Waals surface area (Å²) in [6.07, 6.45) is -3.31. The highest BCUT2D eigenvalue weighted by Crippen LogP contribution is 2.32. The third-order valence-corrected chi connectivity index (χ3v) is 6.86. The number of halogens is 6. The molecule has 2 N–H and O–H groups in total. The Balaban J connectivity index is 0.000000286. The summed E-state index contributed by atoms with van der Waals surface area (Å²) in [5, 5.41) is 14.2. The number of carbonyl (C=O) groups is 3. The van der Waals surface area contributed by atoms with Crippen LogP contribution in [-0.2, 0) is 19.1 Å². The molecule has 4 heterocycles. The summed E-state index contributed by atoms with van der Waals surface area (Å²) in [5.74, 6) is -4.40. The van der Waals surface area contributed by atoms with Crippen LogP contribution in [0.25, 0.3) is 0 Å². The van der Waals surface area contributed by atoms with Crippen LogP contribution in [0.1, 0.15) is 38.5 Å². The van der Waals surface area contributed by atoms with Crippen molar-refractivity contribution in [3.05, 3.63) is 0 Å². The van der Waals surface area contributed by atoms with Gasteiger partial charge in [-0.15, -0.1) is 0 Å². The minimum absolute atomic E-state index is 0.400. The van der Waals surface area contributed by atoms with Crippen molar-refractivity contribution in [1.82, 2.24) is 14.7 Å². The van der Waals surface area contributed by atoms with Gasteiger partial charge in [0.2, 0.25) is 5.91 Å². The van der Waals surface area contributed by atoms with Crippen LogP contribution >= 0.6 is 0 Å². The van der Waals surface area contributed by atoms with Gasteiger partial charge >= 0.3 is 24.3 Å². The Hall–Kier alpha value is -2.13. The maximum atomic E-state index is 12.5. The molecule has 3 atom stereocenters. The first-order valence-corrected chi connectivity index (χ1v) is 12.1. The molecule has 0 aliphatic carbocycles. The zero-order valence-electron chi connectivity index (χ0n) is 20.3. The van der Waals surface area contributed by atoms with E-state index in [9.17, 15) is 31.1 Å². The predicted octanol–water partition coefficient (Wildman–Crippen LogP) is 2.45. The van der Waals surface area contributed by atoms with Crippen LogP contribution in [0.5, 0.6) is 0 Å². The van der Waals surface area contributed by atoms with Crippen LogP contribution in [0, 0.1) is 5.92 Å². The lowest BCUT2D eigenvalue weighted by molar-refractivity contribution is -0.193. The number of carbonyl (C=O) groups excluding carboxylic acids is 1. The minimum Gasteiger partial charge on any atom is -0.475 e. The quantitative estimate of drug-likeness (QED) is 0.504. The summed E-state index contributed by atoms with van der Waals surface area (Å²) in [5.41, 5.74) is 0. The van der Waals surface area contributed by atoms with E-state index in [2.05, 4.69) is 14.7 Å². The lowest BCUT2D eigenvalue weighted by Crippen LogP contribution is -2.54. The second-order valence-corrected chi connectivity index (χ2v) is 9.43. The Labute approximate surface area is 210 Å². The van der Waals surface area contributed by atoms with E-state index in [4.69, 9.17) is 24.5 Å². The predicted molar refractivity (Wildman–Crippen MR) is 117 cm³/mol. The average molecular weight is 550 g/mol. The Morgan fingerprint density at radius 1 is 0.865 bits per heavy atom. The molecule has 214 valence electrons. The van der Waals surface area contributed by atoms with E-state index in [1.165, 1.54) is 51.9 Å². The topological polar surface area (TPSA) is 111 Å². The fourth-order valence-electron chi connectivity index (χ4n) is 5.07. The number of fused-ring (bicyclic) bond motifs is 1. The van der Waals surface area contributed by atoms with Gasteiger partial charge in [0, 0.05) is 51.3 Å². The number of alkyl halides is 6. The highest BCUT2D eigenvalue weighted by Gasteiger charge is 2.43. The van der Waals surface area contributed by atoms with E-state index in [0.29, 0.717) is 23.9 Å². The van der Waals surface area contributed by atoms with Gasteiger partial charge in [0.25, 0.3) is 0 Å². The van der Waals surface area contributed by atoms with Crippen molar-refractivity contribution < 1.29 is 55.7 Å². The monoisotopic (exact) mass is 549 g/mol. The molecule has 9 nitrogen and oxygen atoms in total. The standard InChI is InChI=1S/C18H31N3O2.2C2HF3O2/c22-18-4-3-16-17(21(18)11-10-19-7-1-2-8-19)5-9-20(16)13-15-6-12-23-14-15;2*3-2(4,5)1(6)7/h15-17H,1-14H2;2*(H,6,7)/t15?,16-,17-;;/m0../s1. The van der Waals surface area contributed by atoms with Gasteiger partial charge in [0.15, 0.2) is 0 Å².